The molecule has 2 amide bonds. The summed E-state index contributed by atoms with van der Waals surface area (Å²) in [7, 11) is -16.0. The smallest absolute Gasteiger partial charge is 0.425 e. The molecule has 50 heteroatoms. The Balaban J connectivity index is 0.000000229. The minimum Gasteiger partial charge on any atom is -0.859 e. The Morgan fingerprint density at radius 2 is 1.40 bits per heavy atom. The number of methoxy groups -OCH3 is 2. The summed E-state index contributed by atoms with van der Waals surface area (Å²) >= 11 is 7.45. The third-order valence-corrected chi connectivity index (χ3v) is 26.3. The number of thiazole rings is 1. The maximum Gasteiger partial charge on any atom is 0.425 e. The predicted molar refractivity (Wildman–Crippen MR) is 500 cm³/mol. The number of aromatic nitrogens is 3. The van der Waals surface area contributed by atoms with E-state index >= 15 is 0 Å². The number of ether oxygens (including phenoxy) is 2. The van der Waals surface area contributed by atoms with E-state index < -0.39 is 129 Å². The van der Waals surface area contributed by atoms with Gasteiger partial charge < -0.3 is 40.0 Å². The van der Waals surface area contributed by atoms with E-state index in [1.54, 1.807) is 49.6 Å². The standard InChI is InChI=1S/C31H26ClN7O5S.C29H25N5O11S2.C29H16N4O8S2.O3S/c1-4-39(13-14-44-3)18-9-10-22(23(15-18)35-26(40)11-12-27(41)42)37-38-31-36-30(32)25(45-31)16-21-28(24(17-33)34-2)19-7-5-6-8-20(19)29(21)43;1-16(35)25-21(28(38)33(31-25)19-7-6-8-20(15-19)46(40,41)42)13-11-18(27(37)30-3)12-14-22-26(17(2)36)32-34(29(22)39)23-9-4-5-10-24(23)47(43,44)45;1-31-15-21(33-3)27-19-13-17(29(36)41-4)9-11-23(19)43(39,40)25(27)7-5-6-24-26(20(14-30)32-2)18-12-16(28(34)35)8-10-22(18)42(24,37)38;1-4(2)3/h5-10,15-16H,4,11-14H2,1,3H3,(H,35,40)(H,41,42);4-15,32H,1-3H3,(H,30,37)(H,40,41,42)(H,43,44,45);5-13H,1,4H3,(H,34,35);/p-1/b;;7-5+,24-6-,26-20+;. The Morgan fingerprint density at radius 1 is 0.755 bits per heavy atom. The van der Waals surface area contributed by atoms with Gasteiger partial charge in [-0.15, -0.1) is 22.9 Å². The van der Waals surface area contributed by atoms with E-state index in [4.69, 9.17) is 58.5 Å². The lowest BCUT2D eigenvalue weighted by molar-refractivity contribution is -0.213. The van der Waals surface area contributed by atoms with E-state index in [9.17, 15) is 107 Å². The number of nitrogens with zero attached hydrogens (tertiary/aromatic N) is 14. The molecule has 0 bridgehead atoms. The molecule has 708 valence electrons. The Morgan fingerprint density at radius 3 is 1.99 bits per heavy atom. The number of carbonyl (C=O) groups is 8. The number of hydrogen-bond acceptors (Lipinski definition) is 33. The first kappa shape index (κ1) is 106. The van der Waals surface area contributed by atoms with Gasteiger partial charge in [0.2, 0.25) is 30.7 Å². The van der Waals surface area contributed by atoms with Crippen molar-refractivity contribution in [3.05, 3.63) is 307 Å². The van der Waals surface area contributed by atoms with Crippen LogP contribution in [0.4, 0.5) is 27.9 Å². The van der Waals surface area contributed by atoms with Crippen LogP contribution in [0.25, 0.3) is 49.1 Å². The van der Waals surface area contributed by atoms with E-state index in [2.05, 4.69) is 61.1 Å². The molecular formula is C89H66ClN16O27S6-. The predicted octanol–water partition coefficient (Wildman–Crippen LogP) is 10.9. The van der Waals surface area contributed by atoms with E-state index in [0.717, 1.165) is 127 Å². The number of aromatic amines is 1. The molecule has 0 spiro atoms. The highest BCUT2D eigenvalue weighted by atomic mass is 35.5. The highest BCUT2D eigenvalue weighted by molar-refractivity contribution is 7.96. The summed E-state index contributed by atoms with van der Waals surface area (Å²) in [6, 6.07) is 31.8. The van der Waals surface area contributed by atoms with Crippen molar-refractivity contribution >= 4 is 195 Å². The van der Waals surface area contributed by atoms with Crippen LogP contribution >= 0.6 is 22.9 Å². The van der Waals surface area contributed by atoms with Gasteiger partial charge in [-0.25, -0.2) is 61.1 Å². The summed E-state index contributed by atoms with van der Waals surface area (Å²) < 4.78 is 156. The molecule has 43 nitrogen and oxygen atoms in total. The molecule has 5 heterocycles. The minimum atomic E-state index is -4.78. The number of nitriles is 2. The average Bonchev–Trinajstić information content (AvgIpc) is 1.58. The highest BCUT2D eigenvalue weighted by Gasteiger charge is 2.41. The van der Waals surface area contributed by atoms with Gasteiger partial charge in [-0.05, 0) is 156 Å². The zero-order chi connectivity index (χ0) is 103. The first-order chi connectivity index (χ1) is 65.8. The van der Waals surface area contributed by atoms with Crippen LogP contribution in [0.2, 0.25) is 5.15 Å². The van der Waals surface area contributed by atoms with E-state index in [1.807, 2.05) is 24.0 Å². The SMILES string of the molecule is CN=C([O-])C(C=Cc1c(C(C)=O)[nH]n(-c2ccccc2S(=O)(=O)O)c1=O)=CC=C1C(=O)N(c2cccc(S(=O)(=O)O)c2)N=C1C(C)=O.O=S(=O)=O.[C-]#[N+]C(=C=NC)C1=C(/C=C/C=C2/C(=C(\C#N)[N+]#[C-])c3cc(C(=O)O)ccc3S2(=O)=O)S(=O)(=O)c2ccc(C(=O)OC)cc21.[C-]#[N+]C(C#N)=C1C(=Cc2sc(N=Nc3ccc(N(CC)CCOC)cc3NC(=O)CCC(=O)O)nc2Cl)C(=O)c2ccccc21. The first-order valence-electron chi connectivity index (χ1n) is 38.9. The Bertz CT molecular complexity index is 7990. The lowest BCUT2D eigenvalue weighted by atomic mass is 10.00. The maximum atomic E-state index is 13.6. The molecule has 8 aromatic rings. The number of Topliss-reactive ketones (excluding diaryl/α,β-unsaturated/α-hetero) is 3. The molecule has 1 aliphatic carbocycles. The summed E-state index contributed by atoms with van der Waals surface area (Å²) in [4.78, 5) is 133. The third-order valence-electron chi connectivity index (χ3n) is 19.5. The summed E-state index contributed by atoms with van der Waals surface area (Å²) in [5, 5.41) is 68.8. The van der Waals surface area contributed by atoms with Gasteiger partial charge in [0.05, 0.1) is 121 Å². The molecule has 0 saturated heterocycles. The molecule has 0 radical (unpaired) electrons. The number of azo groups is 1. The van der Waals surface area contributed by atoms with Crippen molar-refractivity contribution in [3.63, 3.8) is 0 Å². The summed E-state index contributed by atoms with van der Waals surface area (Å²) in [6.45, 7) is 28.4. The molecule has 0 saturated carbocycles. The molecule has 3 aliphatic heterocycles. The number of aliphatic imine (C=N–C) groups is 2. The lowest BCUT2D eigenvalue weighted by Gasteiger charge is -2.23. The molecule has 0 fully saturated rings. The van der Waals surface area contributed by atoms with Gasteiger partial charge in [0, 0.05) is 88.1 Å². The number of para-hydroxylation sites is 1. The fourth-order valence-electron chi connectivity index (χ4n) is 13.4. The number of allylic oxidation sites excluding steroid dienone is 11. The second-order valence-corrected chi connectivity index (χ2v) is 36.3. The molecule has 2 aromatic heterocycles. The van der Waals surface area contributed by atoms with Crippen LogP contribution in [0.3, 0.4) is 0 Å². The number of halogens is 1. The number of hydrogen-bond donors (Lipinski definition) is 6. The van der Waals surface area contributed by atoms with Gasteiger partial charge in [0.25, 0.3) is 48.8 Å². The molecule has 12 rings (SSSR count). The number of H-pyrrole nitrogens is 1. The van der Waals surface area contributed by atoms with Crippen LogP contribution in [-0.4, -0.2) is 193 Å². The number of nitrogens with one attached hydrogen (secondary N) is 2. The fourth-order valence-corrected chi connectivity index (χ4v) is 18.9. The molecule has 0 atom stereocenters. The van der Waals surface area contributed by atoms with E-state index in [-0.39, 0.29) is 134 Å². The number of hydrazone groups is 1. The second kappa shape index (κ2) is 45.4. The van der Waals surface area contributed by atoms with Crippen LogP contribution in [-0.2, 0) is 79.2 Å². The Labute approximate surface area is 799 Å². The molecule has 6 N–H and O–H groups in total. The summed E-state index contributed by atoms with van der Waals surface area (Å²) in [5.74, 6) is -4.64. The quantitative estimate of drug-likeness (QED) is 0.00266. The highest BCUT2D eigenvalue weighted by Crippen LogP contribution is 2.48. The molecule has 4 aliphatic rings. The number of esters is 1. The van der Waals surface area contributed by atoms with E-state index in [1.165, 1.54) is 68.7 Å². The third kappa shape index (κ3) is 24.0. The van der Waals surface area contributed by atoms with Crippen molar-refractivity contribution < 1.29 is 119 Å². The number of rotatable bonds is 27. The van der Waals surface area contributed by atoms with Crippen molar-refractivity contribution in [2.75, 3.05) is 63.2 Å². The number of carbonyl (C=O) groups excluding carboxylic acids is 6. The fraction of sp³-hybridized carbons (Fsp3) is 0.135. The number of fused-ring (bicyclic) bond motifs is 3. The van der Waals surface area contributed by atoms with Gasteiger partial charge in [0.1, 0.15) is 27.1 Å². The van der Waals surface area contributed by atoms with Crippen LogP contribution in [0, 0.1) is 42.4 Å². The lowest BCUT2D eigenvalue weighted by Crippen LogP contribution is -2.26. The number of sulfone groups is 2. The molecule has 6 aromatic carbocycles. The van der Waals surface area contributed by atoms with Gasteiger partial charge in [-0.2, -0.15) is 26.9 Å². The van der Waals surface area contributed by atoms with Crippen LogP contribution < -0.4 is 25.9 Å². The average molecular weight is 2020 g/mol. The topological polar surface area (TPSA) is 638 Å². The van der Waals surface area contributed by atoms with Gasteiger partial charge in [-0.3, -0.25) is 52.8 Å². The normalized spacial score (nSPS) is 15.5. The largest absolute Gasteiger partial charge is 0.859 e. The van der Waals surface area contributed by atoms with E-state index in [0.29, 0.717) is 47.1 Å². The number of carboxylic acid groups (broad SMARTS) is 2. The van der Waals surface area contributed by atoms with Gasteiger partial charge in [0.15, 0.2) is 17.3 Å². The van der Waals surface area contributed by atoms with Crippen LogP contribution in [0.1, 0.15) is 102 Å². The molecule has 0 unspecified atom stereocenters. The number of likely N-dealkylation sites (N-methyl/N-ethyl adjacent to an activating group) is 1. The van der Waals surface area contributed by atoms with Gasteiger partial charge in [-0.1, -0.05) is 83.6 Å². The zero-order valence-corrected chi connectivity index (χ0v) is 78.2. The van der Waals surface area contributed by atoms with Gasteiger partial charge >= 0.3 is 28.5 Å². The Kier molecular flexibility index (Phi) is 34.5. The Hall–Kier alpha value is -17.0. The zero-order valence-electron chi connectivity index (χ0n) is 72.5. The van der Waals surface area contributed by atoms with Crippen molar-refractivity contribution in [3.8, 4) is 17.8 Å². The van der Waals surface area contributed by atoms with Crippen molar-refractivity contribution in [2.45, 2.75) is 53.2 Å². The number of amides is 2. The molecular weight excluding hydrogens is 1950 g/mol. The number of carboxylic acids is 2. The first-order valence-corrected chi connectivity index (χ1v) is 47.0. The molecule has 139 heavy (non-hydrogen) atoms. The summed E-state index contributed by atoms with van der Waals surface area (Å²) in [6.07, 6.45) is 8.36. The minimum absolute atomic E-state index is 0.000182. The second-order valence-electron chi connectivity index (χ2n) is 27.9. The monoisotopic (exact) mass is 2020 g/mol. The number of anilines is 3. The summed E-state index contributed by atoms with van der Waals surface area (Å²) in [5.41, 5.74) is -2.14. The van der Waals surface area contributed by atoms with Crippen molar-refractivity contribution in [2.24, 2.45) is 25.3 Å². The van der Waals surface area contributed by atoms with Crippen molar-refractivity contribution in [1.29, 1.82) is 10.5 Å². The van der Waals surface area contributed by atoms with Crippen LogP contribution in [0.15, 0.2) is 257 Å². The number of aliphatic carboxylic acids is 1. The van der Waals surface area contributed by atoms with Crippen molar-refractivity contribution in [1.82, 2.24) is 14.8 Å². The van der Waals surface area contributed by atoms with Crippen LogP contribution in [0.5, 0.6) is 0 Å². The number of ketones is 3. The number of aromatic carboxylic acids is 1. The number of benzene rings is 6. The maximum absolute atomic E-state index is 13.6.